The molecule has 21 heavy (non-hydrogen) atoms. The molecular formula is C18H27NO2. The lowest BCUT2D eigenvalue weighted by molar-refractivity contribution is -0.143. The van der Waals surface area contributed by atoms with Crippen LogP contribution in [0.1, 0.15) is 44.2 Å². The average molecular weight is 289 g/mol. The van der Waals surface area contributed by atoms with Gasteiger partial charge in [-0.05, 0) is 56.3 Å². The molecule has 1 atom stereocenters. The largest absolute Gasteiger partial charge is 0.481 e. The molecule has 2 rings (SSSR count). The Kier molecular flexibility index (Phi) is 5.80. The van der Waals surface area contributed by atoms with E-state index in [4.69, 9.17) is 5.11 Å². The molecule has 0 radical (unpaired) electrons. The fourth-order valence-electron chi connectivity index (χ4n) is 3.23. The zero-order chi connectivity index (χ0) is 15.2. The summed E-state index contributed by atoms with van der Waals surface area (Å²) in [6.07, 6.45) is 4.85. The molecular weight excluding hydrogens is 262 g/mol. The summed E-state index contributed by atoms with van der Waals surface area (Å²) in [5.74, 6) is -0.763. The third-order valence-corrected chi connectivity index (χ3v) is 4.77. The molecule has 3 heteroatoms. The number of aliphatic carboxylic acids is 1. The number of likely N-dealkylation sites (tertiary alicyclic amines) is 1. The van der Waals surface area contributed by atoms with Crippen molar-refractivity contribution < 1.29 is 9.90 Å². The second-order valence-electron chi connectivity index (χ2n) is 6.08. The number of hydrogen-bond donors (Lipinski definition) is 1. The van der Waals surface area contributed by atoms with Gasteiger partial charge in [0.15, 0.2) is 0 Å². The number of aryl methyl sites for hydroxylation is 1. The smallest absolute Gasteiger partial charge is 0.306 e. The SMILES string of the molecule is CCc1ccc(CC(CC)N2CCC(C(=O)O)CC2)cc1. The summed E-state index contributed by atoms with van der Waals surface area (Å²) in [5, 5.41) is 9.09. The first-order valence-electron chi connectivity index (χ1n) is 8.18. The fraction of sp³-hybridized carbons (Fsp3) is 0.611. The van der Waals surface area contributed by atoms with Crippen LogP contribution in [0.3, 0.4) is 0 Å². The first kappa shape index (κ1) is 16.0. The lowest BCUT2D eigenvalue weighted by Gasteiger charge is -2.36. The molecule has 1 fully saturated rings. The van der Waals surface area contributed by atoms with Gasteiger partial charge in [0.1, 0.15) is 0 Å². The number of nitrogens with zero attached hydrogens (tertiary/aromatic N) is 1. The molecule has 1 aromatic carbocycles. The topological polar surface area (TPSA) is 40.5 Å². The summed E-state index contributed by atoms with van der Waals surface area (Å²) in [4.78, 5) is 13.5. The van der Waals surface area contributed by atoms with Gasteiger partial charge < -0.3 is 10.0 Å². The van der Waals surface area contributed by atoms with Crippen molar-refractivity contribution >= 4 is 5.97 Å². The molecule has 1 aromatic rings. The minimum atomic E-state index is -0.627. The highest BCUT2D eigenvalue weighted by atomic mass is 16.4. The normalized spacial score (nSPS) is 18.6. The Hall–Kier alpha value is -1.35. The molecule has 116 valence electrons. The van der Waals surface area contributed by atoms with Crippen molar-refractivity contribution in [1.29, 1.82) is 0 Å². The van der Waals surface area contributed by atoms with Crippen LogP contribution in [0.5, 0.6) is 0 Å². The summed E-state index contributed by atoms with van der Waals surface area (Å²) >= 11 is 0. The van der Waals surface area contributed by atoms with Crippen molar-refractivity contribution in [3.05, 3.63) is 35.4 Å². The number of carbonyl (C=O) groups is 1. The van der Waals surface area contributed by atoms with Crippen LogP contribution in [-0.2, 0) is 17.6 Å². The third kappa shape index (κ3) is 4.31. The molecule has 1 N–H and O–H groups in total. The van der Waals surface area contributed by atoms with Gasteiger partial charge in [0.2, 0.25) is 0 Å². The number of benzene rings is 1. The first-order valence-corrected chi connectivity index (χ1v) is 8.18. The number of carboxylic acid groups (broad SMARTS) is 1. The highest BCUT2D eigenvalue weighted by Gasteiger charge is 2.27. The van der Waals surface area contributed by atoms with E-state index in [9.17, 15) is 4.79 Å². The second kappa shape index (κ2) is 7.60. The summed E-state index contributed by atoms with van der Waals surface area (Å²) < 4.78 is 0. The van der Waals surface area contributed by atoms with E-state index in [0.29, 0.717) is 6.04 Å². The molecule has 0 amide bonds. The van der Waals surface area contributed by atoms with Gasteiger partial charge in [-0.2, -0.15) is 0 Å². The average Bonchev–Trinajstić information content (AvgIpc) is 2.53. The lowest BCUT2D eigenvalue weighted by Crippen LogP contribution is -2.43. The van der Waals surface area contributed by atoms with E-state index < -0.39 is 5.97 Å². The van der Waals surface area contributed by atoms with Gasteiger partial charge in [-0.25, -0.2) is 0 Å². The summed E-state index contributed by atoms with van der Waals surface area (Å²) in [6.45, 7) is 6.25. The predicted octanol–water partition coefficient (Wildman–Crippen LogP) is 3.37. The van der Waals surface area contributed by atoms with Crippen molar-refractivity contribution in [2.75, 3.05) is 13.1 Å². The highest BCUT2D eigenvalue weighted by molar-refractivity contribution is 5.70. The van der Waals surface area contributed by atoms with Crippen LogP contribution in [0.25, 0.3) is 0 Å². The molecule has 0 spiro atoms. The number of piperidine rings is 1. The van der Waals surface area contributed by atoms with Crippen molar-refractivity contribution in [2.45, 2.75) is 52.0 Å². The maximum atomic E-state index is 11.0. The lowest BCUT2D eigenvalue weighted by atomic mass is 9.93. The zero-order valence-electron chi connectivity index (χ0n) is 13.2. The van der Waals surface area contributed by atoms with Crippen molar-refractivity contribution in [2.24, 2.45) is 5.92 Å². The molecule has 1 heterocycles. The van der Waals surface area contributed by atoms with E-state index in [1.807, 2.05) is 0 Å². The van der Waals surface area contributed by atoms with E-state index >= 15 is 0 Å². The molecule has 0 aliphatic carbocycles. The highest BCUT2D eigenvalue weighted by Crippen LogP contribution is 2.22. The van der Waals surface area contributed by atoms with E-state index in [0.717, 1.165) is 45.2 Å². The summed E-state index contributed by atoms with van der Waals surface area (Å²) in [6, 6.07) is 9.46. The van der Waals surface area contributed by atoms with E-state index in [1.54, 1.807) is 0 Å². The van der Waals surface area contributed by atoms with Gasteiger partial charge in [0.25, 0.3) is 0 Å². The Labute approximate surface area is 128 Å². The number of hydrogen-bond acceptors (Lipinski definition) is 2. The molecule has 3 nitrogen and oxygen atoms in total. The minimum Gasteiger partial charge on any atom is -0.481 e. The van der Waals surface area contributed by atoms with Gasteiger partial charge in [0, 0.05) is 6.04 Å². The number of carboxylic acids is 1. The van der Waals surface area contributed by atoms with Gasteiger partial charge >= 0.3 is 5.97 Å². The first-order chi connectivity index (χ1) is 10.1. The second-order valence-corrected chi connectivity index (χ2v) is 6.08. The van der Waals surface area contributed by atoms with Crippen LogP contribution in [-0.4, -0.2) is 35.1 Å². The maximum Gasteiger partial charge on any atom is 0.306 e. The van der Waals surface area contributed by atoms with Crippen molar-refractivity contribution in [1.82, 2.24) is 4.90 Å². The van der Waals surface area contributed by atoms with Crippen LogP contribution >= 0.6 is 0 Å². The Bertz CT molecular complexity index is 447. The molecule has 0 saturated carbocycles. The summed E-state index contributed by atoms with van der Waals surface area (Å²) in [7, 11) is 0. The van der Waals surface area contributed by atoms with Crippen LogP contribution in [0, 0.1) is 5.92 Å². The van der Waals surface area contributed by atoms with Crippen LogP contribution in [0.2, 0.25) is 0 Å². The molecule has 0 aromatic heterocycles. The van der Waals surface area contributed by atoms with Crippen molar-refractivity contribution in [3.8, 4) is 0 Å². The molecule has 1 unspecified atom stereocenters. The van der Waals surface area contributed by atoms with E-state index in [1.165, 1.54) is 11.1 Å². The van der Waals surface area contributed by atoms with Crippen molar-refractivity contribution in [3.63, 3.8) is 0 Å². The molecule has 1 aliphatic heterocycles. The quantitative estimate of drug-likeness (QED) is 0.873. The number of rotatable bonds is 6. The van der Waals surface area contributed by atoms with Crippen LogP contribution < -0.4 is 0 Å². The van der Waals surface area contributed by atoms with Gasteiger partial charge in [-0.1, -0.05) is 38.1 Å². The summed E-state index contributed by atoms with van der Waals surface area (Å²) in [5.41, 5.74) is 2.77. The minimum absolute atomic E-state index is 0.136. The molecule has 1 aliphatic rings. The predicted molar refractivity (Wildman–Crippen MR) is 85.5 cm³/mol. The maximum absolute atomic E-state index is 11.0. The monoisotopic (exact) mass is 289 g/mol. The Morgan fingerprint density at radius 1 is 1.19 bits per heavy atom. The Balaban J connectivity index is 1.92. The van der Waals surface area contributed by atoms with Crippen LogP contribution in [0.15, 0.2) is 24.3 Å². The fourth-order valence-corrected chi connectivity index (χ4v) is 3.23. The van der Waals surface area contributed by atoms with Gasteiger partial charge in [-0.3, -0.25) is 4.79 Å². The van der Waals surface area contributed by atoms with E-state index in [-0.39, 0.29) is 5.92 Å². The standard InChI is InChI=1S/C18H27NO2/c1-3-14-5-7-15(8-6-14)13-17(4-2)19-11-9-16(10-12-19)18(20)21/h5-8,16-17H,3-4,9-13H2,1-2H3,(H,20,21). The third-order valence-electron chi connectivity index (χ3n) is 4.77. The van der Waals surface area contributed by atoms with E-state index in [2.05, 4.69) is 43.0 Å². The Morgan fingerprint density at radius 2 is 1.76 bits per heavy atom. The molecule has 0 bridgehead atoms. The van der Waals surface area contributed by atoms with Crippen LogP contribution in [0.4, 0.5) is 0 Å². The van der Waals surface area contributed by atoms with Gasteiger partial charge in [-0.15, -0.1) is 0 Å². The zero-order valence-corrected chi connectivity index (χ0v) is 13.2. The van der Waals surface area contributed by atoms with Gasteiger partial charge in [0.05, 0.1) is 5.92 Å². The Morgan fingerprint density at radius 3 is 2.24 bits per heavy atom. The molecule has 1 saturated heterocycles.